The van der Waals surface area contributed by atoms with E-state index >= 15 is 0 Å². The van der Waals surface area contributed by atoms with Gasteiger partial charge in [0, 0.05) is 0 Å². The minimum absolute atomic E-state index is 0.321. The van der Waals surface area contributed by atoms with Gasteiger partial charge >= 0.3 is 5.97 Å². The number of aryl methyl sites for hydroxylation is 1. The molecule has 2 N–H and O–H groups in total. The lowest BCUT2D eigenvalue weighted by atomic mass is 10.0. The average Bonchev–Trinajstić information content (AvgIpc) is 2.54. The van der Waals surface area contributed by atoms with Gasteiger partial charge in [-0.1, -0.05) is 54.6 Å². The highest BCUT2D eigenvalue weighted by atomic mass is 16.5. The Kier molecular flexibility index (Phi) is 5.52. The van der Waals surface area contributed by atoms with E-state index in [4.69, 9.17) is 10.5 Å². The van der Waals surface area contributed by atoms with Crippen LogP contribution in [0.25, 0.3) is 11.1 Å². The maximum atomic E-state index is 11.5. The predicted octanol–water partition coefficient (Wildman–Crippen LogP) is 3.18. The van der Waals surface area contributed by atoms with Gasteiger partial charge in [-0.3, -0.25) is 4.79 Å². The zero-order chi connectivity index (χ0) is 15.1. The van der Waals surface area contributed by atoms with Gasteiger partial charge in [0.25, 0.3) is 0 Å². The summed E-state index contributed by atoms with van der Waals surface area (Å²) in [5.74, 6) is -0.321. The van der Waals surface area contributed by atoms with Crippen LogP contribution in [0.4, 0.5) is 0 Å². The van der Waals surface area contributed by atoms with Gasteiger partial charge in [-0.2, -0.15) is 0 Å². The number of ether oxygens (including phenoxy) is 1. The van der Waals surface area contributed by atoms with Crippen molar-refractivity contribution in [3.05, 3.63) is 60.2 Å². The van der Waals surface area contributed by atoms with Gasteiger partial charge in [0.15, 0.2) is 0 Å². The third-order valence-corrected chi connectivity index (χ3v) is 3.39. The molecule has 0 amide bonds. The van der Waals surface area contributed by atoms with Crippen LogP contribution in [0.1, 0.15) is 18.9 Å². The van der Waals surface area contributed by atoms with E-state index in [0.717, 1.165) is 6.42 Å². The van der Waals surface area contributed by atoms with Crippen LogP contribution in [0, 0.1) is 0 Å². The molecule has 1 unspecified atom stereocenters. The maximum absolute atomic E-state index is 11.5. The molecule has 0 aliphatic heterocycles. The number of benzene rings is 2. The van der Waals surface area contributed by atoms with Gasteiger partial charge in [-0.25, -0.2) is 0 Å². The third-order valence-electron chi connectivity index (χ3n) is 3.39. The molecule has 0 fully saturated rings. The fourth-order valence-electron chi connectivity index (χ4n) is 2.18. The molecule has 0 aliphatic carbocycles. The first-order chi connectivity index (χ1) is 10.2. The van der Waals surface area contributed by atoms with Crippen LogP contribution in [-0.2, 0) is 16.0 Å². The van der Waals surface area contributed by atoms with Gasteiger partial charge < -0.3 is 10.5 Å². The molecule has 0 saturated heterocycles. The summed E-state index contributed by atoms with van der Waals surface area (Å²) in [6.07, 6.45) is 1.37. The minimum atomic E-state index is -0.543. The standard InChI is InChI=1S/C18H21NO2/c1-2-21-18(20)17(19)13-10-14-8-11-16(12-9-14)15-6-4-3-5-7-15/h3-9,11-12,17H,2,10,13,19H2,1H3. The third kappa shape index (κ3) is 4.43. The lowest BCUT2D eigenvalue weighted by molar-refractivity contribution is -0.144. The van der Waals surface area contributed by atoms with Crippen LogP contribution in [0.3, 0.4) is 0 Å². The maximum Gasteiger partial charge on any atom is 0.322 e. The molecule has 3 heteroatoms. The van der Waals surface area contributed by atoms with Gasteiger partial charge in [0.1, 0.15) is 6.04 Å². The molecule has 0 aliphatic rings. The molecule has 2 aromatic carbocycles. The van der Waals surface area contributed by atoms with Gasteiger partial charge in [0.05, 0.1) is 6.61 Å². The number of hydrogen-bond acceptors (Lipinski definition) is 3. The second kappa shape index (κ2) is 7.60. The first-order valence-corrected chi connectivity index (χ1v) is 7.27. The van der Waals surface area contributed by atoms with Crippen LogP contribution in [0.5, 0.6) is 0 Å². The number of hydrogen-bond donors (Lipinski definition) is 1. The van der Waals surface area contributed by atoms with E-state index in [0.29, 0.717) is 13.0 Å². The van der Waals surface area contributed by atoms with Gasteiger partial charge in [0.2, 0.25) is 0 Å². The lowest BCUT2D eigenvalue weighted by Crippen LogP contribution is -2.32. The van der Waals surface area contributed by atoms with Crippen molar-refractivity contribution >= 4 is 5.97 Å². The normalized spacial score (nSPS) is 11.9. The molecule has 1 atom stereocenters. The van der Waals surface area contributed by atoms with E-state index in [2.05, 4.69) is 36.4 Å². The van der Waals surface area contributed by atoms with Crippen molar-refractivity contribution in [2.75, 3.05) is 6.61 Å². The topological polar surface area (TPSA) is 52.3 Å². The Morgan fingerprint density at radius 1 is 1.05 bits per heavy atom. The molecule has 0 spiro atoms. The van der Waals surface area contributed by atoms with E-state index < -0.39 is 6.04 Å². The Hall–Kier alpha value is -2.13. The van der Waals surface area contributed by atoms with E-state index in [1.165, 1.54) is 16.7 Å². The number of nitrogens with two attached hydrogens (primary N) is 1. The summed E-state index contributed by atoms with van der Waals surface area (Å²) in [6, 6.07) is 18.1. The molecule has 2 rings (SSSR count). The van der Waals surface area contributed by atoms with Crippen molar-refractivity contribution in [1.29, 1.82) is 0 Å². The molecule has 0 saturated carbocycles. The molecule has 3 nitrogen and oxygen atoms in total. The van der Waals surface area contributed by atoms with Gasteiger partial charge in [-0.15, -0.1) is 0 Å². The van der Waals surface area contributed by atoms with Crippen molar-refractivity contribution in [3.8, 4) is 11.1 Å². The Morgan fingerprint density at radius 2 is 1.67 bits per heavy atom. The molecular formula is C18H21NO2. The smallest absolute Gasteiger partial charge is 0.322 e. The molecule has 0 aromatic heterocycles. The molecule has 2 aromatic rings. The Morgan fingerprint density at radius 3 is 2.29 bits per heavy atom. The summed E-state index contributed by atoms with van der Waals surface area (Å²) in [4.78, 5) is 11.5. The van der Waals surface area contributed by atoms with Crippen molar-refractivity contribution in [2.45, 2.75) is 25.8 Å². The van der Waals surface area contributed by atoms with Crippen molar-refractivity contribution in [2.24, 2.45) is 5.73 Å². The average molecular weight is 283 g/mol. The van der Waals surface area contributed by atoms with Crippen LogP contribution in [0.2, 0.25) is 0 Å². The largest absolute Gasteiger partial charge is 0.465 e. The van der Waals surface area contributed by atoms with Crippen LogP contribution >= 0.6 is 0 Å². The molecule has 0 bridgehead atoms. The van der Waals surface area contributed by atoms with Crippen molar-refractivity contribution in [3.63, 3.8) is 0 Å². The highest BCUT2D eigenvalue weighted by Crippen LogP contribution is 2.19. The van der Waals surface area contributed by atoms with Crippen molar-refractivity contribution < 1.29 is 9.53 Å². The predicted molar refractivity (Wildman–Crippen MR) is 84.8 cm³/mol. The fourth-order valence-corrected chi connectivity index (χ4v) is 2.18. The number of rotatable bonds is 6. The summed E-state index contributed by atoms with van der Waals surface area (Å²) in [5, 5.41) is 0. The number of carbonyl (C=O) groups is 1. The van der Waals surface area contributed by atoms with Crippen molar-refractivity contribution in [1.82, 2.24) is 0 Å². The highest BCUT2D eigenvalue weighted by molar-refractivity contribution is 5.75. The van der Waals surface area contributed by atoms with Crippen LogP contribution < -0.4 is 5.73 Å². The lowest BCUT2D eigenvalue weighted by Gasteiger charge is -2.10. The fraction of sp³-hybridized carbons (Fsp3) is 0.278. The minimum Gasteiger partial charge on any atom is -0.465 e. The molecule has 0 heterocycles. The second-order valence-corrected chi connectivity index (χ2v) is 4.96. The Bertz CT molecular complexity index is 564. The second-order valence-electron chi connectivity index (χ2n) is 4.96. The first-order valence-electron chi connectivity index (χ1n) is 7.27. The molecule has 0 radical (unpaired) electrons. The summed E-state index contributed by atoms with van der Waals surface area (Å²) >= 11 is 0. The van der Waals surface area contributed by atoms with E-state index in [1.54, 1.807) is 6.92 Å². The zero-order valence-electron chi connectivity index (χ0n) is 12.3. The molecule has 110 valence electrons. The van der Waals surface area contributed by atoms with E-state index in [9.17, 15) is 4.79 Å². The molecular weight excluding hydrogens is 262 g/mol. The summed E-state index contributed by atoms with van der Waals surface area (Å²) in [6.45, 7) is 2.16. The monoisotopic (exact) mass is 283 g/mol. The first kappa shape index (κ1) is 15.3. The summed E-state index contributed by atoms with van der Waals surface area (Å²) < 4.78 is 4.91. The summed E-state index contributed by atoms with van der Waals surface area (Å²) in [5.41, 5.74) is 9.36. The number of esters is 1. The summed E-state index contributed by atoms with van der Waals surface area (Å²) in [7, 11) is 0. The number of carbonyl (C=O) groups excluding carboxylic acids is 1. The van der Waals surface area contributed by atoms with Gasteiger partial charge in [-0.05, 0) is 36.5 Å². The SMILES string of the molecule is CCOC(=O)C(N)CCc1ccc(-c2ccccc2)cc1. The quantitative estimate of drug-likeness (QED) is 0.828. The van der Waals surface area contributed by atoms with Crippen LogP contribution in [-0.4, -0.2) is 18.6 Å². The van der Waals surface area contributed by atoms with Crippen LogP contribution in [0.15, 0.2) is 54.6 Å². The molecule has 21 heavy (non-hydrogen) atoms. The van der Waals surface area contributed by atoms with E-state index in [1.807, 2.05) is 18.2 Å². The Labute approximate surface area is 125 Å². The zero-order valence-corrected chi connectivity index (χ0v) is 12.3. The Balaban J connectivity index is 1.93. The van der Waals surface area contributed by atoms with E-state index in [-0.39, 0.29) is 5.97 Å². The highest BCUT2D eigenvalue weighted by Gasteiger charge is 2.13.